The van der Waals surface area contributed by atoms with Crippen LogP contribution in [0.2, 0.25) is 0 Å². The normalized spacial score (nSPS) is 14.6. The van der Waals surface area contributed by atoms with Crippen LogP contribution in [0.15, 0.2) is 71.8 Å². The number of rotatable bonds is 5. The summed E-state index contributed by atoms with van der Waals surface area (Å²) >= 11 is 0. The van der Waals surface area contributed by atoms with Gasteiger partial charge in [0.25, 0.3) is 10.0 Å². The maximum Gasteiger partial charge on any atom is 0.262 e. The van der Waals surface area contributed by atoms with Gasteiger partial charge < -0.3 is 9.80 Å². The summed E-state index contributed by atoms with van der Waals surface area (Å²) in [4.78, 5) is 9.37. The molecule has 0 radical (unpaired) electrons. The van der Waals surface area contributed by atoms with E-state index in [1.54, 1.807) is 31.3 Å². The molecule has 6 nitrogen and oxygen atoms in total. The summed E-state index contributed by atoms with van der Waals surface area (Å²) in [5.74, 6) is 0.858. The molecule has 0 unspecified atom stereocenters. The molecule has 1 saturated heterocycles. The van der Waals surface area contributed by atoms with Gasteiger partial charge in [0.05, 0.1) is 16.8 Å². The Morgan fingerprint density at radius 3 is 2.20 bits per heavy atom. The molecule has 30 heavy (non-hydrogen) atoms. The number of aryl methyl sites for hydroxylation is 2. The number of sulfonamides is 1. The predicted octanol–water partition coefficient (Wildman–Crippen LogP) is 3.83. The number of nitrogens with one attached hydrogen (secondary N) is 1. The summed E-state index contributed by atoms with van der Waals surface area (Å²) in [5.41, 5.74) is 3.45. The van der Waals surface area contributed by atoms with Crippen molar-refractivity contribution in [2.75, 3.05) is 40.7 Å². The van der Waals surface area contributed by atoms with Gasteiger partial charge in [-0.2, -0.15) is 0 Å². The number of hydrogen-bond donors (Lipinski definition) is 1. The van der Waals surface area contributed by atoms with Gasteiger partial charge >= 0.3 is 0 Å². The third kappa shape index (κ3) is 4.41. The number of benzene rings is 2. The Hall–Kier alpha value is -3.06. The quantitative estimate of drug-likeness (QED) is 0.677. The first-order valence-electron chi connectivity index (χ1n) is 10.0. The van der Waals surface area contributed by atoms with Crippen molar-refractivity contribution < 1.29 is 8.42 Å². The molecule has 1 N–H and O–H groups in total. The highest BCUT2D eigenvalue weighted by molar-refractivity contribution is 7.92. The smallest absolute Gasteiger partial charge is 0.262 e. The van der Waals surface area contributed by atoms with Crippen LogP contribution in [0.4, 0.5) is 17.2 Å². The zero-order valence-electron chi connectivity index (χ0n) is 17.2. The first kappa shape index (κ1) is 20.2. The van der Waals surface area contributed by atoms with Gasteiger partial charge in [-0.1, -0.05) is 35.9 Å². The Morgan fingerprint density at radius 2 is 1.57 bits per heavy atom. The number of anilines is 3. The molecule has 1 fully saturated rings. The van der Waals surface area contributed by atoms with Gasteiger partial charge in [0, 0.05) is 31.9 Å². The second kappa shape index (κ2) is 8.36. The molecule has 0 atom stereocenters. The molecule has 4 rings (SSSR count). The van der Waals surface area contributed by atoms with Crippen molar-refractivity contribution in [3.05, 3.63) is 78.0 Å². The van der Waals surface area contributed by atoms with Crippen LogP contribution in [-0.2, 0) is 10.0 Å². The van der Waals surface area contributed by atoms with Crippen molar-refractivity contribution in [2.24, 2.45) is 0 Å². The largest absolute Gasteiger partial charge is 0.368 e. The van der Waals surface area contributed by atoms with Gasteiger partial charge in [0.2, 0.25) is 0 Å². The van der Waals surface area contributed by atoms with Crippen LogP contribution in [0, 0.1) is 13.8 Å². The molecule has 1 aliphatic heterocycles. The summed E-state index contributed by atoms with van der Waals surface area (Å²) in [6.45, 7) is 7.34. The van der Waals surface area contributed by atoms with Crippen molar-refractivity contribution in [3.8, 4) is 0 Å². The van der Waals surface area contributed by atoms with Gasteiger partial charge in [-0.15, -0.1) is 0 Å². The van der Waals surface area contributed by atoms with Gasteiger partial charge in [0.1, 0.15) is 5.82 Å². The second-order valence-corrected chi connectivity index (χ2v) is 9.24. The summed E-state index contributed by atoms with van der Waals surface area (Å²) in [7, 11) is -3.65. The lowest BCUT2D eigenvalue weighted by Crippen LogP contribution is -2.46. The topological polar surface area (TPSA) is 65.5 Å². The number of hydrogen-bond acceptors (Lipinski definition) is 5. The molecule has 2 aromatic carbocycles. The lowest BCUT2D eigenvalue weighted by molar-refractivity contribution is 0.600. The Balaban J connectivity index is 1.41. The molecule has 1 aromatic heterocycles. The van der Waals surface area contributed by atoms with E-state index in [0.717, 1.165) is 43.1 Å². The summed E-state index contributed by atoms with van der Waals surface area (Å²) in [6.07, 6.45) is 1.58. The minimum Gasteiger partial charge on any atom is -0.368 e. The van der Waals surface area contributed by atoms with E-state index < -0.39 is 10.0 Å². The molecule has 0 aliphatic carbocycles. The van der Waals surface area contributed by atoms with Crippen molar-refractivity contribution in [1.82, 2.24) is 4.98 Å². The van der Waals surface area contributed by atoms with E-state index in [4.69, 9.17) is 0 Å². The molecule has 0 bridgehead atoms. The van der Waals surface area contributed by atoms with E-state index in [1.807, 2.05) is 25.1 Å². The molecule has 1 aliphatic rings. The molecule has 7 heteroatoms. The summed E-state index contributed by atoms with van der Waals surface area (Å²) < 4.78 is 28.1. The summed E-state index contributed by atoms with van der Waals surface area (Å²) in [5, 5.41) is 0. The molecule has 2 heterocycles. The van der Waals surface area contributed by atoms with Crippen LogP contribution >= 0.6 is 0 Å². The molecule has 156 valence electrons. The van der Waals surface area contributed by atoms with Crippen LogP contribution in [0.1, 0.15) is 11.1 Å². The molecule has 0 spiro atoms. The summed E-state index contributed by atoms with van der Waals surface area (Å²) in [6, 6.07) is 19.4. The van der Waals surface area contributed by atoms with Crippen molar-refractivity contribution in [1.29, 1.82) is 0 Å². The van der Waals surface area contributed by atoms with Crippen LogP contribution in [0.25, 0.3) is 0 Å². The van der Waals surface area contributed by atoms with E-state index in [1.165, 1.54) is 5.69 Å². The lowest BCUT2D eigenvalue weighted by atomic mass is 10.2. The molecular weight excluding hydrogens is 396 g/mol. The fraction of sp³-hybridized carbons (Fsp3) is 0.261. The third-order valence-electron chi connectivity index (χ3n) is 5.35. The van der Waals surface area contributed by atoms with E-state index in [9.17, 15) is 8.42 Å². The van der Waals surface area contributed by atoms with Gasteiger partial charge in [0.15, 0.2) is 0 Å². The monoisotopic (exact) mass is 422 g/mol. The van der Waals surface area contributed by atoms with Crippen molar-refractivity contribution in [2.45, 2.75) is 18.7 Å². The van der Waals surface area contributed by atoms with Crippen LogP contribution < -0.4 is 14.5 Å². The molecule has 3 aromatic rings. The molecular formula is C23H26N4O2S. The fourth-order valence-electron chi connectivity index (χ4n) is 3.78. The zero-order chi connectivity index (χ0) is 21.1. The maximum atomic E-state index is 12.7. The first-order chi connectivity index (χ1) is 14.4. The highest BCUT2D eigenvalue weighted by atomic mass is 32.2. The number of para-hydroxylation sites is 1. The second-order valence-electron chi connectivity index (χ2n) is 7.59. The van der Waals surface area contributed by atoms with E-state index in [-0.39, 0.29) is 4.90 Å². The molecule has 0 saturated carbocycles. The standard InChI is InChI=1S/C23H26N4O2S/c1-18-8-10-22(19(2)16-18)30(28,29)25-20-9-11-23(24-17-20)27-14-12-26(13-15-27)21-6-4-3-5-7-21/h3-11,16-17,25H,12-15H2,1-2H3. The highest BCUT2D eigenvalue weighted by Crippen LogP contribution is 2.23. The SMILES string of the molecule is Cc1ccc(S(=O)(=O)Nc2ccc(N3CCN(c4ccccc4)CC3)nc2)c(C)c1. The Labute approximate surface area is 178 Å². The number of piperazine rings is 1. The number of pyridine rings is 1. The first-order valence-corrected chi connectivity index (χ1v) is 11.5. The zero-order valence-corrected chi connectivity index (χ0v) is 18.1. The Morgan fingerprint density at radius 1 is 0.867 bits per heavy atom. The number of nitrogens with zero attached hydrogens (tertiary/aromatic N) is 3. The minimum atomic E-state index is -3.65. The van der Waals surface area contributed by atoms with Crippen LogP contribution in [0.3, 0.4) is 0 Å². The van der Waals surface area contributed by atoms with E-state index in [0.29, 0.717) is 5.69 Å². The lowest BCUT2D eigenvalue weighted by Gasteiger charge is -2.36. The van der Waals surface area contributed by atoms with Crippen molar-refractivity contribution >= 4 is 27.2 Å². The molecule has 0 amide bonds. The number of aromatic nitrogens is 1. The Bertz CT molecular complexity index is 1110. The maximum absolute atomic E-state index is 12.7. The van der Waals surface area contributed by atoms with E-state index >= 15 is 0 Å². The van der Waals surface area contributed by atoms with Crippen LogP contribution in [0.5, 0.6) is 0 Å². The van der Waals surface area contributed by atoms with Crippen LogP contribution in [-0.4, -0.2) is 39.6 Å². The van der Waals surface area contributed by atoms with Gasteiger partial charge in [-0.05, 0) is 49.7 Å². The fourth-order valence-corrected chi connectivity index (χ4v) is 5.05. The van der Waals surface area contributed by atoms with Gasteiger partial charge in [-0.25, -0.2) is 13.4 Å². The highest BCUT2D eigenvalue weighted by Gasteiger charge is 2.20. The van der Waals surface area contributed by atoms with Crippen molar-refractivity contribution in [3.63, 3.8) is 0 Å². The third-order valence-corrected chi connectivity index (χ3v) is 6.89. The average molecular weight is 423 g/mol. The predicted molar refractivity (Wildman–Crippen MR) is 122 cm³/mol. The van der Waals surface area contributed by atoms with E-state index in [2.05, 4.69) is 43.8 Å². The Kier molecular flexibility index (Phi) is 5.63. The minimum absolute atomic E-state index is 0.286. The van der Waals surface area contributed by atoms with Gasteiger partial charge in [-0.3, -0.25) is 4.72 Å². The average Bonchev–Trinajstić information content (AvgIpc) is 2.74.